The number of carboxylic acid groups (broad SMARTS) is 1. The lowest BCUT2D eigenvalue weighted by Crippen LogP contribution is -2.43. The molecular weight excluding hydrogens is 234 g/mol. The number of unbranched alkanes of at least 4 members (excludes halogenated alkanes) is 1. The summed E-state index contributed by atoms with van der Waals surface area (Å²) in [4.78, 5) is 24.1. The van der Waals surface area contributed by atoms with E-state index in [0.29, 0.717) is 13.0 Å². The van der Waals surface area contributed by atoms with Gasteiger partial charge in [0, 0.05) is 12.6 Å². The monoisotopic (exact) mass is 259 g/mol. The van der Waals surface area contributed by atoms with Crippen LogP contribution in [-0.4, -0.2) is 55.2 Å². The molecule has 0 bridgehead atoms. The molecule has 1 atom stereocenters. The molecule has 0 aliphatic heterocycles. The molecule has 0 heterocycles. The second kappa shape index (κ2) is 9.70. The van der Waals surface area contributed by atoms with E-state index in [1.165, 1.54) is 0 Å². The largest absolute Gasteiger partial charge is 0.481 e. The Morgan fingerprint density at radius 1 is 1.28 bits per heavy atom. The SMILES string of the molecule is CCC(CC(=O)O)NC(=O)NCCCCN(C)C. The number of carbonyl (C=O) groups excluding carboxylic acids is 1. The van der Waals surface area contributed by atoms with Gasteiger partial charge in [0.05, 0.1) is 6.42 Å². The molecule has 6 nitrogen and oxygen atoms in total. The van der Waals surface area contributed by atoms with E-state index in [2.05, 4.69) is 15.5 Å². The maximum Gasteiger partial charge on any atom is 0.315 e. The van der Waals surface area contributed by atoms with E-state index in [9.17, 15) is 9.59 Å². The molecule has 106 valence electrons. The number of aliphatic carboxylic acids is 1. The van der Waals surface area contributed by atoms with Crippen LogP contribution in [0.15, 0.2) is 0 Å². The standard InChI is InChI=1S/C12H25N3O3/c1-4-10(9-11(16)17)14-12(18)13-7-5-6-8-15(2)3/h10H,4-9H2,1-3H3,(H,16,17)(H2,13,14,18). The average molecular weight is 259 g/mol. The molecule has 0 spiro atoms. The van der Waals surface area contributed by atoms with Gasteiger partial charge in [-0.1, -0.05) is 6.92 Å². The Morgan fingerprint density at radius 3 is 2.44 bits per heavy atom. The fraction of sp³-hybridized carbons (Fsp3) is 0.833. The number of nitrogens with zero attached hydrogens (tertiary/aromatic N) is 1. The first-order valence-corrected chi connectivity index (χ1v) is 6.36. The predicted molar refractivity (Wildman–Crippen MR) is 70.7 cm³/mol. The molecule has 6 heteroatoms. The predicted octanol–water partition coefficient (Wildman–Crippen LogP) is 0.881. The minimum absolute atomic E-state index is 0.0372. The highest BCUT2D eigenvalue weighted by atomic mass is 16.4. The third kappa shape index (κ3) is 9.89. The lowest BCUT2D eigenvalue weighted by Gasteiger charge is -2.15. The lowest BCUT2D eigenvalue weighted by atomic mass is 10.1. The van der Waals surface area contributed by atoms with Crippen molar-refractivity contribution in [3.63, 3.8) is 0 Å². The van der Waals surface area contributed by atoms with Gasteiger partial charge in [0.25, 0.3) is 0 Å². The van der Waals surface area contributed by atoms with Gasteiger partial charge in [-0.05, 0) is 39.9 Å². The van der Waals surface area contributed by atoms with Gasteiger partial charge < -0.3 is 20.6 Å². The third-order valence-electron chi connectivity index (χ3n) is 2.57. The van der Waals surface area contributed by atoms with E-state index >= 15 is 0 Å². The molecule has 3 N–H and O–H groups in total. The average Bonchev–Trinajstić information content (AvgIpc) is 2.26. The van der Waals surface area contributed by atoms with E-state index in [-0.39, 0.29) is 18.5 Å². The van der Waals surface area contributed by atoms with Crippen LogP contribution in [0.3, 0.4) is 0 Å². The molecule has 0 aromatic heterocycles. The number of rotatable bonds is 9. The molecule has 0 fully saturated rings. The Morgan fingerprint density at radius 2 is 1.94 bits per heavy atom. The maximum absolute atomic E-state index is 11.5. The summed E-state index contributed by atoms with van der Waals surface area (Å²) in [5, 5.41) is 14.0. The van der Waals surface area contributed by atoms with Crippen molar-refractivity contribution in [2.45, 2.75) is 38.6 Å². The van der Waals surface area contributed by atoms with Crippen molar-refractivity contribution in [3.8, 4) is 0 Å². The summed E-state index contributed by atoms with van der Waals surface area (Å²) in [6.07, 6.45) is 2.52. The maximum atomic E-state index is 11.5. The molecule has 1 unspecified atom stereocenters. The fourth-order valence-corrected chi connectivity index (χ4v) is 1.50. The first kappa shape index (κ1) is 16.7. The number of amides is 2. The van der Waals surface area contributed by atoms with Gasteiger partial charge in [0.15, 0.2) is 0 Å². The van der Waals surface area contributed by atoms with Crippen molar-refractivity contribution in [1.82, 2.24) is 15.5 Å². The molecular formula is C12H25N3O3. The van der Waals surface area contributed by atoms with Gasteiger partial charge in [-0.3, -0.25) is 4.79 Å². The number of carbonyl (C=O) groups is 2. The minimum atomic E-state index is -0.895. The zero-order valence-electron chi connectivity index (χ0n) is 11.5. The Labute approximate surface area is 109 Å². The zero-order chi connectivity index (χ0) is 14.0. The van der Waals surface area contributed by atoms with Crippen molar-refractivity contribution < 1.29 is 14.7 Å². The highest BCUT2D eigenvalue weighted by Crippen LogP contribution is 1.97. The quantitative estimate of drug-likeness (QED) is 0.537. The minimum Gasteiger partial charge on any atom is -0.481 e. The Kier molecular flexibility index (Phi) is 9.00. The van der Waals surface area contributed by atoms with Crippen LogP contribution in [0.2, 0.25) is 0 Å². The van der Waals surface area contributed by atoms with E-state index in [4.69, 9.17) is 5.11 Å². The second-order valence-electron chi connectivity index (χ2n) is 4.61. The van der Waals surface area contributed by atoms with Gasteiger partial charge in [-0.2, -0.15) is 0 Å². The molecule has 0 rings (SSSR count). The van der Waals surface area contributed by atoms with Crippen molar-refractivity contribution >= 4 is 12.0 Å². The normalized spacial score (nSPS) is 12.2. The molecule has 0 aliphatic carbocycles. The molecule has 0 aliphatic rings. The van der Waals surface area contributed by atoms with Crippen LogP contribution in [0.5, 0.6) is 0 Å². The summed E-state index contributed by atoms with van der Waals surface area (Å²) < 4.78 is 0. The number of hydrogen-bond donors (Lipinski definition) is 3. The van der Waals surface area contributed by atoms with Crippen LogP contribution in [0.1, 0.15) is 32.6 Å². The lowest BCUT2D eigenvalue weighted by molar-refractivity contribution is -0.137. The van der Waals surface area contributed by atoms with Gasteiger partial charge in [0.1, 0.15) is 0 Å². The highest BCUT2D eigenvalue weighted by Gasteiger charge is 2.13. The molecule has 0 saturated carbocycles. The van der Waals surface area contributed by atoms with Crippen LogP contribution >= 0.6 is 0 Å². The van der Waals surface area contributed by atoms with Crippen LogP contribution < -0.4 is 10.6 Å². The number of carboxylic acids is 1. The van der Waals surface area contributed by atoms with Crippen molar-refractivity contribution in [2.75, 3.05) is 27.2 Å². The van der Waals surface area contributed by atoms with Crippen LogP contribution in [0.4, 0.5) is 4.79 Å². The van der Waals surface area contributed by atoms with Crippen LogP contribution in [0.25, 0.3) is 0 Å². The third-order valence-corrected chi connectivity index (χ3v) is 2.57. The molecule has 0 saturated heterocycles. The Balaban J connectivity index is 3.65. The summed E-state index contributed by atoms with van der Waals surface area (Å²) in [6, 6.07) is -0.586. The number of urea groups is 1. The van der Waals surface area contributed by atoms with E-state index in [1.807, 2.05) is 21.0 Å². The van der Waals surface area contributed by atoms with E-state index < -0.39 is 5.97 Å². The summed E-state index contributed by atoms with van der Waals surface area (Å²) in [6.45, 7) is 3.47. The van der Waals surface area contributed by atoms with Crippen LogP contribution in [0, 0.1) is 0 Å². The van der Waals surface area contributed by atoms with Crippen molar-refractivity contribution in [1.29, 1.82) is 0 Å². The Bertz CT molecular complexity index is 257. The summed E-state index contributed by atoms with van der Waals surface area (Å²) >= 11 is 0. The summed E-state index contributed by atoms with van der Waals surface area (Å²) in [5.41, 5.74) is 0. The summed E-state index contributed by atoms with van der Waals surface area (Å²) in [5.74, 6) is -0.895. The van der Waals surface area contributed by atoms with Gasteiger partial charge in [0.2, 0.25) is 0 Å². The molecule has 18 heavy (non-hydrogen) atoms. The van der Waals surface area contributed by atoms with Crippen LogP contribution in [-0.2, 0) is 4.79 Å². The van der Waals surface area contributed by atoms with Gasteiger partial charge >= 0.3 is 12.0 Å². The number of nitrogens with one attached hydrogen (secondary N) is 2. The van der Waals surface area contributed by atoms with E-state index in [1.54, 1.807) is 0 Å². The van der Waals surface area contributed by atoms with Gasteiger partial charge in [-0.15, -0.1) is 0 Å². The van der Waals surface area contributed by atoms with Crippen molar-refractivity contribution in [3.05, 3.63) is 0 Å². The molecule has 0 aromatic rings. The van der Waals surface area contributed by atoms with E-state index in [0.717, 1.165) is 19.4 Å². The van der Waals surface area contributed by atoms with Gasteiger partial charge in [-0.25, -0.2) is 4.79 Å². The van der Waals surface area contributed by atoms with Crippen molar-refractivity contribution in [2.24, 2.45) is 0 Å². The second-order valence-corrected chi connectivity index (χ2v) is 4.61. The topological polar surface area (TPSA) is 81.7 Å². The molecule has 0 radical (unpaired) electrons. The molecule has 2 amide bonds. The number of hydrogen-bond acceptors (Lipinski definition) is 3. The summed E-state index contributed by atoms with van der Waals surface area (Å²) in [7, 11) is 4.02. The Hall–Kier alpha value is -1.30. The smallest absolute Gasteiger partial charge is 0.315 e. The first-order chi connectivity index (χ1) is 8.45. The molecule has 0 aromatic carbocycles. The fourth-order valence-electron chi connectivity index (χ4n) is 1.50. The highest BCUT2D eigenvalue weighted by molar-refractivity contribution is 5.75. The zero-order valence-corrected chi connectivity index (χ0v) is 11.5. The first-order valence-electron chi connectivity index (χ1n) is 6.36.